The van der Waals surface area contributed by atoms with Crippen molar-refractivity contribution in [2.24, 2.45) is 11.3 Å². The van der Waals surface area contributed by atoms with E-state index >= 15 is 0 Å². The quantitative estimate of drug-likeness (QED) is 0.585. The molecule has 1 fully saturated rings. The molecule has 0 aromatic carbocycles. The Hall–Kier alpha value is -0.370. The fourth-order valence-electron chi connectivity index (χ4n) is 1.09. The molecule has 0 atom stereocenters. The van der Waals surface area contributed by atoms with Crippen molar-refractivity contribution in [3.05, 3.63) is 0 Å². The zero-order valence-electron chi connectivity index (χ0n) is 6.90. The Morgan fingerprint density at radius 3 is 2.00 bits per heavy atom. The maximum Gasteiger partial charge on any atom is 0.143 e. The zero-order chi connectivity index (χ0) is 7.78. The molecule has 2 heteroatoms. The Bertz CT molecular complexity index is 142. The fraction of sp³-hybridized carbons (Fsp3) is 0.875. The first-order valence-corrected chi connectivity index (χ1v) is 3.77. The van der Waals surface area contributed by atoms with Crippen LogP contribution in [0, 0.1) is 11.3 Å². The monoisotopic (exact) mass is 141 g/mol. The molecular formula is C8H15NO. The SMILES string of the molecule is CC(C)(C)C(=O)C1CNC1. The average molecular weight is 141 g/mol. The Morgan fingerprint density at radius 1 is 1.40 bits per heavy atom. The van der Waals surface area contributed by atoms with E-state index in [4.69, 9.17) is 0 Å². The van der Waals surface area contributed by atoms with E-state index in [1.807, 2.05) is 20.8 Å². The van der Waals surface area contributed by atoms with E-state index in [2.05, 4.69) is 5.32 Å². The first-order valence-electron chi connectivity index (χ1n) is 3.77. The van der Waals surface area contributed by atoms with Gasteiger partial charge >= 0.3 is 0 Å². The highest BCUT2D eigenvalue weighted by Gasteiger charge is 2.32. The standard InChI is InChI=1S/C8H15NO/c1-8(2,3)7(10)6-4-9-5-6/h6,9H,4-5H2,1-3H3. The molecule has 0 aliphatic carbocycles. The van der Waals surface area contributed by atoms with E-state index < -0.39 is 0 Å². The Balaban J connectivity index is 2.48. The largest absolute Gasteiger partial charge is 0.315 e. The van der Waals surface area contributed by atoms with E-state index in [1.165, 1.54) is 0 Å². The highest BCUT2D eigenvalue weighted by molar-refractivity contribution is 5.87. The highest BCUT2D eigenvalue weighted by Crippen LogP contribution is 2.21. The van der Waals surface area contributed by atoms with E-state index in [9.17, 15) is 4.79 Å². The minimum absolute atomic E-state index is 0.146. The molecule has 1 rings (SSSR count). The van der Waals surface area contributed by atoms with E-state index in [-0.39, 0.29) is 5.41 Å². The fourth-order valence-corrected chi connectivity index (χ4v) is 1.09. The maximum atomic E-state index is 11.4. The minimum atomic E-state index is -0.146. The lowest BCUT2D eigenvalue weighted by Gasteiger charge is -2.31. The molecule has 0 radical (unpaired) electrons. The van der Waals surface area contributed by atoms with Gasteiger partial charge in [0.15, 0.2) is 0 Å². The lowest BCUT2D eigenvalue weighted by Crippen LogP contribution is -2.49. The summed E-state index contributed by atoms with van der Waals surface area (Å²) in [7, 11) is 0. The number of hydrogen-bond acceptors (Lipinski definition) is 2. The summed E-state index contributed by atoms with van der Waals surface area (Å²) in [6, 6.07) is 0. The van der Waals surface area contributed by atoms with Gasteiger partial charge in [0, 0.05) is 24.4 Å². The summed E-state index contributed by atoms with van der Waals surface area (Å²) in [6.45, 7) is 7.71. The van der Waals surface area contributed by atoms with Crippen molar-refractivity contribution >= 4 is 5.78 Å². The molecule has 2 nitrogen and oxygen atoms in total. The molecule has 1 aliphatic heterocycles. The number of nitrogens with one attached hydrogen (secondary N) is 1. The Morgan fingerprint density at radius 2 is 1.90 bits per heavy atom. The Labute approximate surface area is 62.0 Å². The van der Waals surface area contributed by atoms with Gasteiger partial charge in [0.25, 0.3) is 0 Å². The third-order valence-electron chi connectivity index (χ3n) is 1.89. The van der Waals surface area contributed by atoms with Crippen molar-refractivity contribution in [2.45, 2.75) is 20.8 Å². The van der Waals surface area contributed by atoms with Gasteiger partial charge < -0.3 is 5.32 Å². The van der Waals surface area contributed by atoms with Crippen LogP contribution in [0.25, 0.3) is 0 Å². The minimum Gasteiger partial charge on any atom is -0.315 e. The lowest BCUT2D eigenvalue weighted by atomic mass is 9.80. The predicted octanol–water partition coefficient (Wildman–Crippen LogP) is 0.821. The van der Waals surface area contributed by atoms with Gasteiger partial charge in [0.05, 0.1) is 0 Å². The van der Waals surface area contributed by atoms with E-state index in [1.54, 1.807) is 0 Å². The number of Topliss-reactive ketones (excluding diaryl/α,β-unsaturated/α-hetero) is 1. The predicted molar refractivity (Wildman–Crippen MR) is 40.8 cm³/mol. The van der Waals surface area contributed by atoms with Crippen molar-refractivity contribution in [3.63, 3.8) is 0 Å². The van der Waals surface area contributed by atoms with Crippen LogP contribution in [0.5, 0.6) is 0 Å². The summed E-state index contributed by atoms with van der Waals surface area (Å²) >= 11 is 0. The van der Waals surface area contributed by atoms with Gasteiger partial charge in [-0.25, -0.2) is 0 Å². The van der Waals surface area contributed by atoms with Crippen LogP contribution >= 0.6 is 0 Å². The molecule has 0 spiro atoms. The first kappa shape index (κ1) is 7.73. The molecule has 0 unspecified atom stereocenters. The first-order chi connectivity index (χ1) is 4.52. The molecule has 1 heterocycles. The van der Waals surface area contributed by atoms with Gasteiger partial charge in [-0.15, -0.1) is 0 Å². The lowest BCUT2D eigenvalue weighted by molar-refractivity contribution is -0.131. The second kappa shape index (κ2) is 2.35. The molecule has 0 saturated carbocycles. The van der Waals surface area contributed by atoms with Crippen LogP contribution in [0.2, 0.25) is 0 Å². The van der Waals surface area contributed by atoms with Gasteiger partial charge in [-0.1, -0.05) is 20.8 Å². The maximum absolute atomic E-state index is 11.4. The van der Waals surface area contributed by atoms with Crippen molar-refractivity contribution < 1.29 is 4.79 Å². The second-order valence-electron chi connectivity index (χ2n) is 3.97. The topological polar surface area (TPSA) is 29.1 Å². The van der Waals surface area contributed by atoms with Gasteiger partial charge in [0.1, 0.15) is 5.78 Å². The van der Waals surface area contributed by atoms with Gasteiger partial charge in [-0.3, -0.25) is 4.79 Å². The van der Waals surface area contributed by atoms with Gasteiger partial charge in [0.2, 0.25) is 0 Å². The van der Waals surface area contributed by atoms with Crippen LogP contribution in [-0.4, -0.2) is 18.9 Å². The zero-order valence-corrected chi connectivity index (χ0v) is 6.90. The van der Waals surface area contributed by atoms with Crippen LogP contribution in [0.1, 0.15) is 20.8 Å². The van der Waals surface area contributed by atoms with Gasteiger partial charge in [-0.2, -0.15) is 0 Å². The molecular weight excluding hydrogens is 126 g/mol. The van der Waals surface area contributed by atoms with Crippen LogP contribution in [0.15, 0.2) is 0 Å². The number of carbonyl (C=O) groups excluding carboxylic acids is 1. The summed E-state index contributed by atoms with van der Waals surface area (Å²) in [4.78, 5) is 11.4. The third kappa shape index (κ3) is 1.37. The smallest absolute Gasteiger partial charge is 0.143 e. The van der Waals surface area contributed by atoms with Crippen molar-refractivity contribution in [2.75, 3.05) is 13.1 Å². The van der Waals surface area contributed by atoms with Crippen LogP contribution < -0.4 is 5.32 Å². The molecule has 1 saturated heterocycles. The van der Waals surface area contributed by atoms with Crippen molar-refractivity contribution in [1.82, 2.24) is 5.32 Å². The van der Waals surface area contributed by atoms with E-state index in [0.29, 0.717) is 11.7 Å². The second-order valence-corrected chi connectivity index (χ2v) is 3.97. The normalized spacial score (nSPS) is 20.3. The number of carbonyl (C=O) groups is 1. The summed E-state index contributed by atoms with van der Waals surface area (Å²) < 4.78 is 0. The molecule has 1 N–H and O–H groups in total. The summed E-state index contributed by atoms with van der Waals surface area (Å²) in [6.07, 6.45) is 0. The Kier molecular flexibility index (Phi) is 1.82. The van der Waals surface area contributed by atoms with Crippen LogP contribution in [0.3, 0.4) is 0 Å². The molecule has 0 amide bonds. The molecule has 58 valence electrons. The summed E-state index contributed by atoms with van der Waals surface area (Å²) in [5.41, 5.74) is -0.146. The number of hydrogen-bond donors (Lipinski definition) is 1. The molecule has 0 bridgehead atoms. The molecule has 0 aromatic heterocycles. The van der Waals surface area contributed by atoms with Crippen molar-refractivity contribution in [1.29, 1.82) is 0 Å². The van der Waals surface area contributed by atoms with Crippen molar-refractivity contribution in [3.8, 4) is 0 Å². The van der Waals surface area contributed by atoms with Crippen LogP contribution in [0.4, 0.5) is 0 Å². The highest BCUT2D eigenvalue weighted by atomic mass is 16.1. The van der Waals surface area contributed by atoms with Gasteiger partial charge in [-0.05, 0) is 0 Å². The van der Waals surface area contributed by atoms with Crippen LogP contribution in [-0.2, 0) is 4.79 Å². The average Bonchev–Trinajstić information content (AvgIpc) is 1.57. The molecule has 1 aliphatic rings. The summed E-state index contributed by atoms with van der Waals surface area (Å²) in [5, 5.41) is 3.09. The number of ketones is 1. The molecule has 10 heavy (non-hydrogen) atoms. The number of rotatable bonds is 1. The molecule has 0 aromatic rings. The summed E-state index contributed by atoms with van der Waals surface area (Å²) in [5.74, 6) is 0.686. The van der Waals surface area contributed by atoms with E-state index in [0.717, 1.165) is 13.1 Å². The third-order valence-corrected chi connectivity index (χ3v) is 1.89.